The highest BCUT2D eigenvalue weighted by Gasteiger charge is 2.36. The Hall–Kier alpha value is -4.33. The molecule has 1 aromatic heterocycles. The number of hydrogen-bond acceptors (Lipinski definition) is 6. The highest BCUT2D eigenvalue weighted by Crippen LogP contribution is 2.23. The molecule has 0 unspecified atom stereocenters. The molecule has 8 nitrogen and oxygen atoms in total. The molecule has 1 aliphatic heterocycles. The number of aryl methyl sites for hydroxylation is 2. The molecular formula is C26H24N2O6. The molecule has 34 heavy (non-hydrogen) atoms. The molecule has 0 bridgehead atoms. The van der Waals surface area contributed by atoms with Crippen LogP contribution in [0, 0.1) is 13.8 Å². The number of furan rings is 1. The van der Waals surface area contributed by atoms with E-state index in [1.54, 1.807) is 36.4 Å². The number of imide groups is 2. The normalized spacial score (nSPS) is 14.9. The largest absolute Gasteiger partial charge is 0.490 e. The maximum Gasteiger partial charge on any atom is 0.331 e. The molecule has 0 radical (unpaired) electrons. The number of carbonyl (C=O) groups is 3. The molecule has 2 heterocycles. The fourth-order valence-corrected chi connectivity index (χ4v) is 3.55. The van der Waals surface area contributed by atoms with Crippen molar-refractivity contribution in [3.05, 3.63) is 88.9 Å². The third-order valence-electron chi connectivity index (χ3n) is 5.28. The number of nitrogens with one attached hydrogen (secondary N) is 1. The van der Waals surface area contributed by atoms with Gasteiger partial charge in [0, 0.05) is 0 Å². The summed E-state index contributed by atoms with van der Waals surface area (Å²) >= 11 is 0. The minimum absolute atomic E-state index is 0.0703. The maximum atomic E-state index is 12.8. The molecule has 0 atom stereocenters. The number of para-hydroxylation sites is 1. The van der Waals surface area contributed by atoms with Crippen molar-refractivity contribution in [1.29, 1.82) is 0 Å². The Kier molecular flexibility index (Phi) is 6.77. The van der Waals surface area contributed by atoms with Gasteiger partial charge < -0.3 is 13.9 Å². The molecule has 4 rings (SSSR count). The fourth-order valence-electron chi connectivity index (χ4n) is 3.55. The zero-order valence-electron chi connectivity index (χ0n) is 18.9. The lowest BCUT2D eigenvalue weighted by atomic mass is 10.1. The third kappa shape index (κ3) is 5.17. The Bertz CT molecular complexity index is 1210. The number of rotatable bonds is 8. The first-order chi connectivity index (χ1) is 16.4. The molecule has 8 heteroatoms. The van der Waals surface area contributed by atoms with Crippen LogP contribution in [0.5, 0.6) is 11.5 Å². The van der Waals surface area contributed by atoms with Crippen molar-refractivity contribution in [2.75, 3.05) is 13.2 Å². The van der Waals surface area contributed by atoms with Gasteiger partial charge in [-0.15, -0.1) is 0 Å². The van der Waals surface area contributed by atoms with Gasteiger partial charge in [0.1, 0.15) is 36.0 Å². The van der Waals surface area contributed by atoms with E-state index < -0.39 is 17.8 Å². The lowest BCUT2D eigenvalue weighted by molar-refractivity contribution is -0.130. The molecule has 4 amide bonds. The number of carbonyl (C=O) groups excluding carboxylic acids is 3. The van der Waals surface area contributed by atoms with Gasteiger partial charge >= 0.3 is 6.03 Å². The first-order valence-corrected chi connectivity index (χ1v) is 10.8. The minimum atomic E-state index is -0.782. The van der Waals surface area contributed by atoms with E-state index in [1.807, 2.05) is 32.0 Å². The molecular weight excluding hydrogens is 436 g/mol. The van der Waals surface area contributed by atoms with Gasteiger partial charge in [-0.2, -0.15) is 0 Å². The van der Waals surface area contributed by atoms with Crippen LogP contribution in [-0.4, -0.2) is 36.0 Å². The number of urea groups is 1. The second-order valence-electron chi connectivity index (χ2n) is 7.77. The maximum absolute atomic E-state index is 12.8. The summed E-state index contributed by atoms with van der Waals surface area (Å²) in [5.74, 6) is 0.494. The van der Waals surface area contributed by atoms with Gasteiger partial charge in [0.05, 0.1) is 12.8 Å². The van der Waals surface area contributed by atoms with E-state index in [2.05, 4.69) is 5.32 Å². The zero-order valence-corrected chi connectivity index (χ0v) is 18.9. The number of amides is 4. The second kappa shape index (κ2) is 10.1. The summed E-state index contributed by atoms with van der Waals surface area (Å²) in [6, 6.07) is 15.4. The van der Waals surface area contributed by atoms with E-state index in [9.17, 15) is 14.4 Å². The van der Waals surface area contributed by atoms with E-state index in [-0.39, 0.29) is 12.1 Å². The first-order valence-electron chi connectivity index (χ1n) is 10.8. The first kappa shape index (κ1) is 22.8. The van der Waals surface area contributed by atoms with Crippen LogP contribution in [0.15, 0.2) is 70.9 Å². The molecule has 0 saturated carbocycles. The Morgan fingerprint density at radius 3 is 2.29 bits per heavy atom. The van der Waals surface area contributed by atoms with Crippen LogP contribution >= 0.6 is 0 Å². The van der Waals surface area contributed by atoms with Gasteiger partial charge in [-0.1, -0.05) is 30.3 Å². The van der Waals surface area contributed by atoms with Crippen molar-refractivity contribution in [2.45, 2.75) is 20.4 Å². The quantitative estimate of drug-likeness (QED) is 0.310. The van der Waals surface area contributed by atoms with Crippen molar-refractivity contribution in [3.8, 4) is 11.5 Å². The van der Waals surface area contributed by atoms with Crippen LogP contribution in [0.4, 0.5) is 4.79 Å². The van der Waals surface area contributed by atoms with Crippen LogP contribution in [-0.2, 0) is 16.1 Å². The zero-order chi connectivity index (χ0) is 24.1. The predicted molar refractivity (Wildman–Crippen MR) is 124 cm³/mol. The molecule has 0 spiro atoms. The minimum Gasteiger partial charge on any atom is -0.490 e. The second-order valence-corrected chi connectivity index (χ2v) is 7.77. The summed E-state index contributed by atoms with van der Waals surface area (Å²) in [6.07, 6.45) is 2.89. The molecule has 0 aliphatic carbocycles. The van der Waals surface area contributed by atoms with E-state index in [1.165, 1.54) is 12.3 Å². The summed E-state index contributed by atoms with van der Waals surface area (Å²) in [5.41, 5.74) is 2.62. The highest BCUT2D eigenvalue weighted by atomic mass is 16.5. The van der Waals surface area contributed by atoms with Gasteiger partial charge in [0.2, 0.25) is 0 Å². The SMILES string of the molecule is Cc1cccc(C)c1OCCOc1ccc(/C=C2\C(=O)NC(=O)N(Cc3ccco3)C2=O)cc1. The van der Waals surface area contributed by atoms with Crippen LogP contribution in [0.1, 0.15) is 22.5 Å². The van der Waals surface area contributed by atoms with Gasteiger partial charge in [0.15, 0.2) is 0 Å². The van der Waals surface area contributed by atoms with Crippen LogP contribution in [0.3, 0.4) is 0 Å². The van der Waals surface area contributed by atoms with Gasteiger partial charge in [-0.25, -0.2) is 4.79 Å². The average molecular weight is 460 g/mol. The Morgan fingerprint density at radius 2 is 1.62 bits per heavy atom. The average Bonchev–Trinajstić information content (AvgIpc) is 3.33. The van der Waals surface area contributed by atoms with Crippen molar-refractivity contribution < 1.29 is 28.3 Å². The number of benzene rings is 2. The number of nitrogens with zero attached hydrogens (tertiary/aromatic N) is 1. The monoisotopic (exact) mass is 460 g/mol. The van der Waals surface area contributed by atoms with Crippen molar-refractivity contribution in [2.24, 2.45) is 0 Å². The van der Waals surface area contributed by atoms with Crippen LogP contribution < -0.4 is 14.8 Å². The molecule has 1 aliphatic rings. The third-order valence-corrected chi connectivity index (χ3v) is 5.28. The number of hydrogen-bond donors (Lipinski definition) is 1. The molecule has 174 valence electrons. The number of barbiturate groups is 1. The Morgan fingerprint density at radius 1 is 0.912 bits per heavy atom. The van der Waals surface area contributed by atoms with Crippen LogP contribution in [0.25, 0.3) is 6.08 Å². The van der Waals surface area contributed by atoms with E-state index in [0.717, 1.165) is 21.8 Å². The van der Waals surface area contributed by atoms with Gasteiger partial charge in [0.25, 0.3) is 11.8 Å². The van der Waals surface area contributed by atoms with Crippen molar-refractivity contribution >= 4 is 23.9 Å². The van der Waals surface area contributed by atoms with Crippen LogP contribution in [0.2, 0.25) is 0 Å². The summed E-state index contributed by atoms with van der Waals surface area (Å²) in [7, 11) is 0. The van der Waals surface area contributed by atoms with E-state index in [4.69, 9.17) is 13.9 Å². The molecule has 1 N–H and O–H groups in total. The molecule has 1 saturated heterocycles. The smallest absolute Gasteiger partial charge is 0.331 e. The highest BCUT2D eigenvalue weighted by molar-refractivity contribution is 6.30. The lowest BCUT2D eigenvalue weighted by Gasteiger charge is -2.25. The summed E-state index contributed by atoms with van der Waals surface area (Å²) in [6.45, 7) is 4.68. The predicted octanol–water partition coefficient (Wildman–Crippen LogP) is 4.02. The van der Waals surface area contributed by atoms with Gasteiger partial charge in [-0.05, 0) is 60.9 Å². The Labute approximate surface area is 196 Å². The number of ether oxygens (including phenoxy) is 2. The summed E-state index contributed by atoms with van der Waals surface area (Å²) < 4.78 is 16.8. The van der Waals surface area contributed by atoms with E-state index >= 15 is 0 Å². The Balaban J connectivity index is 1.37. The standard InChI is InChI=1S/C26H24N2O6/c1-17-5-3-6-18(2)23(17)34-14-13-33-20-10-8-19(9-11-20)15-22-24(29)27-26(31)28(25(22)30)16-21-7-4-12-32-21/h3-12,15H,13-14,16H2,1-2H3,(H,27,29,31)/b22-15+. The van der Waals surface area contributed by atoms with Crippen molar-refractivity contribution in [3.63, 3.8) is 0 Å². The summed E-state index contributed by atoms with van der Waals surface area (Å²) in [5, 5.41) is 2.19. The molecule has 2 aromatic carbocycles. The topological polar surface area (TPSA) is 98.1 Å². The summed E-state index contributed by atoms with van der Waals surface area (Å²) in [4.78, 5) is 38.1. The van der Waals surface area contributed by atoms with Gasteiger partial charge in [-0.3, -0.25) is 19.8 Å². The molecule has 1 fully saturated rings. The van der Waals surface area contributed by atoms with E-state index in [0.29, 0.717) is 30.3 Å². The molecule has 3 aromatic rings. The van der Waals surface area contributed by atoms with Crippen molar-refractivity contribution in [1.82, 2.24) is 10.2 Å². The lowest BCUT2D eigenvalue weighted by Crippen LogP contribution is -2.53. The fraction of sp³-hybridized carbons (Fsp3) is 0.192.